The Bertz CT molecular complexity index is 331. The van der Waals surface area contributed by atoms with Crippen molar-refractivity contribution in [2.45, 2.75) is 19.1 Å². The molecule has 0 bridgehead atoms. The Labute approximate surface area is 83.7 Å². The Morgan fingerprint density at radius 2 is 2.21 bits per heavy atom. The van der Waals surface area contributed by atoms with Crippen molar-refractivity contribution in [3.05, 3.63) is 18.2 Å². The lowest BCUT2D eigenvalue weighted by molar-refractivity contribution is -0.136. The van der Waals surface area contributed by atoms with Crippen LogP contribution in [0.3, 0.4) is 0 Å². The van der Waals surface area contributed by atoms with Crippen LogP contribution in [0.2, 0.25) is 0 Å². The second-order valence-corrected chi connectivity index (χ2v) is 3.11. The van der Waals surface area contributed by atoms with Crippen LogP contribution in [0.4, 0.5) is 13.2 Å². The average molecular weight is 223 g/mol. The number of aromatic nitrogens is 2. The molecule has 7 heteroatoms. The number of alkyl halides is 3. The maximum atomic E-state index is 11.9. The second-order valence-electron chi connectivity index (χ2n) is 2.67. The van der Waals surface area contributed by atoms with Gasteiger partial charge in [-0.2, -0.15) is 13.2 Å². The van der Waals surface area contributed by atoms with Gasteiger partial charge in [-0.1, -0.05) is 12.2 Å². The van der Waals surface area contributed by atoms with E-state index in [0.29, 0.717) is 0 Å². The van der Waals surface area contributed by atoms with Gasteiger partial charge < -0.3 is 10.3 Å². The Morgan fingerprint density at radius 1 is 1.57 bits per heavy atom. The predicted molar refractivity (Wildman–Crippen MR) is 48.8 cm³/mol. The fourth-order valence-corrected chi connectivity index (χ4v) is 1.13. The number of rotatable bonds is 3. The van der Waals surface area contributed by atoms with Crippen molar-refractivity contribution in [3.8, 4) is 0 Å². The zero-order chi connectivity index (χ0) is 10.8. The lowest BCUT2D eigenvalue weighted by Gasteiger charge is -2.08. The highest BCUT2D eigenvalue weighted by Gasteiger charge is 2.27. The maximum absolute atomic E-state index is 11.9. The largest absolute Gasteiger partial charge is 0.390 e. The summed E-state index contributed by atoms with van der Waals surface area (Å²) in [5.74, 6) is 0.212. The molecule has 0 radical (unpaired) electrons. The number of hydrogen-bond acceptors (Lipinski definition) is 2. The minimum atomic E-state index is -4.18. The fourth-order valence-electron chi connectivity index (χ4n) is 0.962. The molecule has 0 saturated carbocycles. The highest BCUT2D eigenvalue weighted by molar-refractivity contribution is 7.80. The third-order valence-corrected chi connectivity index (χ3v) is 1.75. The van der Waals surface area contributed by atoms with Crippen LogP contribution in [-0.2, 0) is 6.54 Å². The summed E-state index contributed by atoms with van der Waals surface area (Å²) in [6, 6.07) is 0. The highest BCUT2D eigenvalue weighted by atomic mass is 32.1. The Hall–Kier alpha value is -1.11. The van der Waals surface area contributed by atoms with Gasteiger partial charge >= 0.3 is 6.18 Å². The van der Waals surface area contributed by atoms with Crippen molar-refractivity contribution in [1.82, 2.24) is 9.55 Å². The molecule has 1 heterocycles. The summed E-state index contributed by atoms with van der Waals surface area (Å²) >= 11 is 4.62. The van der Waals surface area contributed by atoms with Crippen LogP contribution in [0.5, 0.6) is 0 Å². The van der Waals surface area contributed by atoms with Crippen LogP contribution in [0.15, 0.2) is 12.4 Å². The first kappa shape index (κ1) is 11.0. The van der Waals surface area contributed by atoms with E-state index in [1.54, 1.807) is 0 Å². The molecule has 2 N–H and O–H groups in total. The minimum Gasteiger partial charge on any atom is -0.387 e. The predicted octanol–water partition coefficient (Wildman–Crippen LogP) is 1.47. The lowest BCUT2D eigenvalue weighted by atomic mass is 10.4. The first-order valence-electron chi connectivity index (χ1n) is 3.78. The molecule has 0 aliphatic carbocycles. The quantitative estimate of drug-likeness (QED) is 0.789. The van der Waals surface area contributed by atoms with E-state index in [0.717, 1.165) is 0 Å². The summed E-state index contributed by atoms with van der Waals surface area (Å²) in [7, 11) is 0. The standard InChI is InChI=1S/C7H8F3N3S/c8-7(9,10)1-3-13-4-2-12-6(13)5(11)14/h2,4H,1,3H2,(H2,11,14). The van der Waals surface area contributed by atoms with E-state index in [1.165, 1.54) is 17.0 Å². The highest BCUT2D eigenvalue weighted by Crippen LogP contribution is 2.20. The first-order chi connectivity index (χ1) is 6.40. The van der Waals surface area contributed by atoms with Gasteiger partial charge in [0.25, 0.3) is 0 Å². The first-order valence-corrected chi connectivity index (χ1v) is 4.18. The number of aryl methyl sites for hydroxylation is 1. The van der Waals surface area contributed by atoms with Crippen LogP contribution >= 0.6 is 12.2 Å². The third-order valence-electron chi connectivity index (χ3n) is 1.57. The molecular formula is C7H8F3N3S. The van der Waals surface area contributed by atoms with Gasteiger partial charge in [0.2, 0.25) is 0 Å². The molecule has 0 unspecified atom stereocenters. The SMILES string of the molecule is NC(=S)c1nccn1CCC(F)(F)F. The van der Waals surface area contributed by atoms with E-state index in [-0.39, 0.29) is 17.4 Å². The molecule has 1 rings (SSSR count). The van der Waals surface area contributed by atoms with Gasteiger partial charge in [-0.15, -0.1) is 0 Å². The molecule has 3 nitrogen and oxygen atoms in total. The van der Waals surface area contributed by atoms with Gasteiger partial charge in [-0.25, -0.2) is 4.98 Å². The Balaban J connectivity index is 2.68. The van der Waals surface area contributed by atoms with Gasteiger partial charge in [0.1, 0.15) is 4.99 Å². The summed E-state index contributed by atoms with van der Waals surface area (Å²) in [4.78, 5) is 3.74. The average Bonchev–Trinajstić information content (AvgIpc) is 2.46. The van der Waals surface area contributed by atoms with E-state index in [1.807, 2.05) is 0 Å². The molecule has 1 aromatic rings. The monoisotopic (exact) mass is 223 g/mol. The summed E-state index contributed by atoms with van der Waals surface area (Å²) in [6.07, 6.45) is -2.32. The van der Waals surface area contributed by atoms with Gasteiger partial charge in [0.15, 0.2) is 5.82 Å². The molecule has 0 fully saturated rings. The van der Waals surface area contributed by atoms with E-state index in [9.17, 15) is 13.2 Å². The van der Waals surface area contributed by atoms with Crippen molar-refractivity contribution in [3.63, 3.8) is 0 Å². The zero-order valence-electron chi connectivity index (χ0n) is 7.08. The summed E-state index contributed by atoms with van der Waals surface area (Å²) in [5.41, 5.74) is 5.27. The number of halogens is 3. The fraction of sp³-hybridized carbons (Fsp3) is 0.429. The Kier molecular flexibility index (Phi) is 3.10. The second kappa shape index (κ2) is 3.95. The van der Waals surface area contributed by atoms with Crippen LogP contribution in [0.1, 0.15) is 12.2 Å². The number of nitrogens with zero attached hydrogens (tertiary/aromatic N) is 2. The molecule has 0 aliphatic heterocycles. The van der Waals surface area contributed by atoms with Gasteiger partial charge in [0.05, 0.1) is 6.42 Å². The molecule has 1 aromatic heterocycles. The van der Waals surface area contributed by atoms with Crippen molar-refractivity contribution >= 4 is 17.2 Å². The number of thiocarbonyl (C=S) groups is 1. The zero-order valence-corrected chi connectivity index (χ0v) is 7.90. The molecule has 0 saturated heterocycles. The molecule has 14 heavy (non-hydrogen) atoms. The van der Waals surface area contributed by atoms with Gasteiger partial charge in [-0.3, -0.25) is 0 Å². The van der Waals surface area contributed by atoms with Crippen LogP contribution in [-0.4, -0.2) is 20.7 Å². The molecule has 0 aromatic carbocycles. The van der Waals surface area contributed by atoms with E-state index in [2.05, 4.69) is 17.2 Å². The summed E-state index contributed by atoms with van der Waals surface area (Å²) in [5, 5.41) is 0. The number of hydrogen-bond donors (Lipinski definition) is 1. The lowest BCUT2D eigenvalue weighted by Crippen LogP contribution is -2.19. The van der Waals surface area contributed by atoms with Crippen molar-refractivity contribution < 1.29 is 13.2 Å². The van der Waals surface area contributed by atoms with Crippen molar-refractivity contribution in [1.29, 1.82) is 0 Å². The third kappa shape index (κ3) is 2.99. The van der Waals surface area contributed by atoms with Gasteiger partial charge in [-0.05, 0) is 0 Å². The topological polar surface area (TPSA) is 43.8 Å². The molecule has 0 spiro atoms. The smallest absolute Gasteiger partial charge is 0.387 e. The number of imidazole rings is 1. The normalized spacial score (nSPS) is 11.6. The molecule has 0 amide bonds. The maximum Gasteiger partial charge on any atom is 0.390 e. The van der Waals surface area contributed by atoms with Gasteiger partial charge in [0, 0.05) is 18.9 Å². The summed E-state index contributed by atoms with van der Waals surface area (Å²) in [6.45, 7) is -0.212. The Morgan fingerprint density at radius 3 is 2.71 bits per heavy atom. The molecule has 78 valence electrons. The molecule has 0 atom stereocenters. The minimum absolute atomic E-state index is 0.00262. The number of nitrogens with two attached hydrogens (primary N) is 1. The van der Waals surface area contributed by atoms with Crippen LogP contribution < -0.4 is 5.73 Å². The molecular weight excluding hydrogens is 215 g/mol. The van der Waals surface area contributed by atoms with E-state index < -0.39 is 12.6 Å². The summed E-state index contributed by atoms with van der Waals surface area (Å²) < 4.78 is 36.9. The van der Waals surface area contributed by atoms with E-state index >= 15 is 0 Å². The van der Waals surface area contributed by atoms with Crippen molar-refractivity contribution in [2.24, 2.45) is 5.73 Å². The van der Waals surface area contributed by atoms with Crippen LogP contribution in [0, 0.1) is 0 Å². The van der Waals surface area contributed by atoms with Crippen molar-refractivity contribution in [2.75, 3.05) is 0 Å². The van der Waals surface area contributed by atoms with Crippen LogP contribution in [0.25, 0.3) is 0 Å². The van der Waals surface area contributed by atoms with E-state index in [4.69, 9.17) is 5.73 Å². The molecule has 0 aliphatic rings.